The Labute approximate surface area is 130 Å². The van der Waals surface area contributed by atoms with Gasteiger partial charge in [0.2, 0.25) is 10.0 Å². The summed E-state index contributed by atoms with van der Waals surface area (Å²) in [6.07, 6.45) is 0.00801. The molecule has 2 rings (SSSR count). The highest BCUT2D eigenvalue weighted by atomic mass is 79.9. The van der Waals surface area contributed by atoms with E-state index < -0.39 is 36.8 Å². The molecule has 7 nitrogen and oxygen atoms in total. The van der Waals surface area contributed by atoms with E-state index in [9.17, 15) is 21.6 Å². The molecule has 0 radical (unpaired) electrons. The quantitative estimate of drug-likeness (QED) is 0.784. The normalized spacial score (nSPS) is 21.1. The zero-order chi connectivity index (χ0) is 15.8. The van der Waals surface area contributed by atoms with E-state index >= 15 is 0 Å². The molecule has 2 N–H and O–H groups in total. The summed E-state index contributed by atoms with van der Waals surface area (Å²) in [5, 5.41) is 7.99. The first kappa shape index (κ1) is 16.2. The molecule has 116 valence electrons. The second-order valence-electron chi connectivity index (χ2n) is 4.67. The number of carboxylic acid groups (broad SMARTS) is 1. The van der Waals surface area contributed by atoms with Crippen LogP contribution in [0.1, 0.15) is 16.8 Å². The number of carboxylic acids is 1. The summed E-state index contributed by atoms with van der Waals surface area (Å²) in [7, 11) is -7.32. The predicted octanol–water partition coefficient (Wildman–Crippen LogP) is 1.08. The maximum Gasteiger partial charge on any atom is 0.337 e. The van der Waals surface area contributed by atoms with Gasteiger partial charge in [0.1, 0.15) is 0 Å². The van der Waals surface area contributed by atoms with Crippen LogP contribution in [0.4, 0.5) is 5.69 Å². The highest BCUT2D eigenvalue weighted by Crippen LogP contribution is 2.26. The van der Waals surface area contributed by atoms with E-state index in [4.69, 9.17) is 5.11 Å². The van der Waals surface area contributed by atoms with E-state index in [0.717, 1.165) is 0 Å². The first-order valence-corrected chi connectivity index (χ1v) is 10.0. The number of carbonyl (C=O) groups is 1. The molecule has 0 aromatic heterocycles. The first-order valence-electron chi connectivity index (χ1n) is 5.86. The van der Waals surface area contributed by atoms with Gasteiger partial charge in [0.25, 0.3) is 0 Å². The van der Waals surface area contributed by atoms with Crippen molar-refractivity contribution >= 4 is 47.4 Å². The third-order valence-corrected chi connectivity index (χ3v) is 7.35. The summed E-state index contributed by atoms with van der Waals surface area (Å²) in [6, 6.07) is 4.06. The van der Waals surface area contributed by atoms with E-state index in [0.29, 0.717) is 4.47 Å². The zero-order valence-electron chi connectivity index (χ0n) is 10.6. The molecule has 1 unspecified atom stereocenters. The SMILES string of the molecule is O=C(O)c1ccc(Br)cc1NS(=O)(=O)C1CCS(=O)(=O)C1. The van der Waals surface area contributed by atoms with Crippen molar-refractivity contribution in [1.82, 2.24) is 0 Å². The van der Waals surface area contributed by atoms with Gasteiger partial charge in [-0.25, -0.2) is 21.6 Å². The molecule has 1 saturated heterocycles. The van der Waals surface area contributed by atoms with Gasteiger partial charge in [0.15, 0.2) is 9.84 Å². The van der Waals surface area contributed by atoms with E-state index in [1.807, 2.05) is 0 Å². The number of rotatable bonds is 4. The second kappa shape index (κ2) is 5.58. The van der Waals surface area contributed by atoms with Crippen LogP contribution in [-0.4, -0.2) is 44.7 Å². The van der Waals surface area contributed by atoms with Gasteiger partial charge in [0, 0.05) is 4.47 Å². The summed E-state index contributed by atoms with van der Waals surface area (Å²) in [6.45, 7) is 0. The predicted molar refractivity (Wildman–Crippen MR) is 80.7 cm³/mol. The topological polar surface area (TPSA) is 118 Å². The summed E-state index contributed by atoms with van der Waals surface area (Å²) >= 11 is 3.13. The Morgan fingerprint density at radius 3 is 2.57 bits per heavy atom. The number of aromatic carboxylic acids is 1. The van der Waals surface area contributed by atoms with Crippen molar-refractivity contribution in [3.8, 4) is 0 Å². The van der Waals surface area contributed by atoms with Crippen LogP contribution < -0.4 is 4.72 Å². The molecule has 1 aromatic rings. The summed E-state index contributed by atoms with van der Waals surface area (Å²) in [5.41, 5.74) is -0.302. The van der Waals surface area contributed by atoms with Crippen LogP contribution in [0.5, 0.6) is 0 Å². The van der Waals surface area contributed by atoms with Gasteiger partial charge in [-0.3, -0.25) is 4.72 Å². The Balaban J connectivity index is 2.33. The summed E-state index contributed by atoms with van der Waals surface area (Å²) in [5.74, 6) is -1.90. The molecule has 10 heteroatoms. The maximum atomic E-state index is 12.2. The van der Waals surface area contributed by atoms with Crippen LogP contribution in [-0.2, 0) is 19.9 Å². The molecule has 0 amide bonds. The van der Waals surface area contributed by atoms with Crippen LogP contribution in [0.3, 0.4) is 0 Å². The minimum absolute atomic E-state index is 0.00801. The van der Waals surface area contributed by atoms with Crippen LogP contribution in [0.25, 0.3) is 0 Å². The van der Waals surface area contributed by atoms with Gasteiger partial charge in [-0.05, 0) is 24.6 Å². The first-order chi connectivity index (χ1) is 9.61. The summed E-state index contributed by atoms with van der Waals surface area (Å²) in [4.78, 5) is 11.1. The number of nitrogens with one attached hydrogen (secondary N) is 1. The second-order valence-corrected chi connectivity index (χ2v) is 9.77. The van der Waals surface area contributed by atoms with Crippen LogP contribution in [0, 0.1) is 0 Å². The lowest BCUT2D eigenvalue weighted by Gasteiger charge is -2.14. The minimum Gasteiger partial charge on any atom is -0.478 e. The monoisotopic (exact) mass is 397 g/mol. The lowest BCUT2D eigenvalue weighted by atomic mass is 10.2. The van der Waals surface area contributed by atoms with E-state index in [2.05, 4.69) is 20.7 Å². The Morgan fingerprint density at radius 1 is 1.38 bits per heavy atom. The summed E-state index contributed by atoms with van der Waals surface area (Å²) < 4.78 is 49.8. The number of halogens is 1. The molecular formula is C11H12BrNO6S2. The fraction of sp³-hybridized carbons (Fsp3) is 0.364. The van der Waals surface area contributed by atoms with Gasteiger partial charge in [0.05, 0.1) is 28.0 Å². The molecule has 1 atom stereocenters. The fourth-order valence-corrected chi connectivity index (χ4v) is 6.49. The highest BCUT2D eigenvalue weighted by molar-refractivity contribution is 9.10. The molecule has 1 fully saturated rings. The largest absolute Gasteiger partial charge is 0.478 e. The zero-order valence-corrected chi connectivity index (χ0v) is 13.8. The van der Waals surface area contributed by atoms with Crippen LogP contribution in [0.2, 0.25) is 0 Å². The number of benzene rings is 1. The molecular weight excluding hydrogens is 386 g/mol. The van der Waals surface area contributed by atoms with Crippen molar-refractivity contribution in [3.63, 3.8) is 0 Å². The van der Waals surface area contributed by atoms with Crippen molar-refractivity contribution < 1.29 is 26.7 Å². The number of sulfone groups is 1. The lowest BCUT2D eigenvalue weighted by Crippen LogP contribution is -2.29. The number of sulfonamides is 1. The van der Waals surface area contributed by atoms with Gasteiger partial charge in [-0.15, -0.1) is 0 Å². The van der Waals surface area contributed by atoms with Gasteiger partial charge in [-0.2, -0.15) is 0 Å². The van der Waals surface area contributed by atoms with E-state index in [1.54, 1.807) is 0 Å². The van der Waals surface area contributed by atoms with Crippen molar-refractivity contribution in [2.24, 2.45) is 0 Å². The average Bonchev–Trinajstić information content (AvgIpc) is 2.69. The Morgan fingerprint density at radius 2 is 2.05 bits per heavy atom. The molecule has 0 spiro atoms. The molecule has 1 aliphatic rings. The van der Waals surface area contributed by atoms with Crippen LogP contribution >= 0.6 is 15.9 Å². The standard InChI is InChI=1S/C11H12BrNO6S2/c12-7-1-2-9(11(14)15)10(5-7)13-21(18,19)8-3-4-20(16,17)6-8/h1-2,5,8,13H,3-4,6H2,(H,14,15). The average molecular weight is 398 g/mol. The third-order valence-electron chi connectivity index (χ3n) is 3.09. The van der Waals surface area contributed by atoms with E-state index in [-0.39, 0.29) is 23.4 Å². The van der Waals surface area contributed by atoms with E-state index in [1.165, 1.54) is 18.2 Å². The van der Waals surface area contributed by atoms with Crippen molar-refractivity contribution in [1.29, 1.82) is 0 Å². The van der Waals surface area contributed by atoms with Gasteiger partial charge >= 0.3 is 5.97 Å². The Kier molecular flexibility index (Phi) is 4.31. The molecule has 0 bridgehead atoms. The highest BCUT2D eigenvalue weighted by Gasteiger charge is 2.37. The lowest BCUT2D eigenvalue weighted by molar-refractivity contribution is 0.0698. The molecule has 0 aliphatic carbocycles. The van der Waals surface area contributed by atoms with Crippen molar-refractivity contribution in [3.05, 3.63) is 28.2 Å². The van der Waals surface area contributed by atoms with Crippen molar-refractivity contribution in [2.75, 3.05) is 16.2 Å². The molecule has 1 aromatic carbocycles. The Bertz CT molecular complexity index is 787. The molecule has 21 heavy (non-hydrogen) atoms. The molecule has 0 saturated carbocycles. The molecule has 1 aliphatic heterocycles. The third kappa shape index (κ3) is 3.74. The fourth-order valence-electron chi connectivity index (χ4n) is 2.03. The van der Waals surface area contributed by atoms with Gasteiger partial charge < -0.3 is 5.11 Å². The molecule has 1 heterocycles. The number of hydrogen-bond donors (Lipinski definition) is 2. The van der Waals surface area contributed by atoms with Crippen LogP contribution in [0.15, 0.2) is 22.7 Å². The smallest absolute Gasteiger partial charge is 0.337 e. The van der Waals surface area contributed by atoms with Crippen molar-refractivity contribution in [2.45, 2.75) is 11.7 Å². The minimum atomic E-state index is -3.97. The maximum absolute atomic E-state index is 12.2. The van der Waals surface area contributed by atoms with Gasteiger partial charge in [-0.1, -0.05) is 15.9 Å². The Hall–Kier alpha value is -1.13. The number of anilines is 1. The number of hydrogen-bond acceptors (Lipinski definition) is 5.